The van der Waals surface area contributed by atoms with Gasteiger partial charge in [0.1, 0.15) is 5.82 Å². The minimum atomic E-state index is -1.31. The van der Waals surface area contributed by atoms with E-state index in [1.165, 1.54) is 23.9 Å². The van der Waals surface area contributed by atoms with E-state index in [2.05, 4.69) is 5.32 Å². The smallest absolute Gasteiger partial charge is 0.338 e. The normalized spacial score (nSPS) is 15.2. The van der Waals surface area contributed by atoms with Crippen molar-refractivity contribution in [2.75, 3.05) is 5.75 Å². The molecule has 1 aromatic rings. The van der Waals surface area contributed by atoms with Gasteiger partial charge in [0.2, 0.25) is 5.91 Å². The van der Waals surface area contributed by atoms with Crippen LogP contribution in [-0.2, 0) is 4.79 Å². The highest BCUT2D eigenvalue weighted by atomic mass is 32.2. The first kappa shape index (κ1) is 14.8. The van der Waals surface area contributed by atoms with Gasteiger partial charge in [0.15, 0.2) is 0 Å². The molecule has 0 radical (unpaired) electrons. The van der Waals surface area contributed by atoms with Gasteiger partial charge in [-0.2, -0.15) is 0 Å². The summed E-state index contributed by atoms with van der Waals surface area (Å²) >= 11 is 1.21. The van der Waals surface area contributed by atoms with Crippen molar-refractivity contribution in [3.8, 4) is 0 Å². The molecule has 0 heterocycles. The van der Waals surface area contributed by atoms with Crippen LogP contribution in [0.5, 0.6) is 0 Å². The third-order valence-electron chi connectivity index (χ3n) is 3.26. The quantitative estimate of drug-likeness (QED) is 0.820. The summed E-state index contributed by atoms with van der Waals surface area (Å²) in [6, 6.07) is 4.12. The largest absolute Gasteiger partial charge is 0.478 e. The number of carbonyl (C=O) groups is 2. The lowest BCUT2D eigenvalue weighted by Crippen LogP contribution is -2.33. The Balaban J connectivity index is 1.88. The van der Waals surface area contributed by atoms with Crippen LogP contribution in [0, 0.1) is 5.82 Å². The Kier molecular flexibility index (Phi) is 5.00. The van der Waals surface area contributed by atoms with E-state index in [0.29, 0.717) is 4.90 Å². The summed E-state index contributed by atoms with van der Waals surface area (Å²) in [6.07, 6.45) is 4.35. The molecule has 1 aromatic carbocycles. The van der Waals surface area contributed by atoms with Crippen LogP contribution in [0.1, 0.15) is 36.0 Å². The molecular formula is C14H16FNO3S. The average molecular weight is 297 g/mol. The Labute approximate surface area is 120 Å². The molecule has 0 spiro atoms. The molecule has 0 saturated heterocycles. The third-order valence-corrected chi connectivity index (χ3v) is 4.25. The van der Waals surface area contributed by atoms with Crippen LogP contribution >= 0.6 is 11.8 Å². The Morgan fingerprint density at radius 2 is 2.05 bits per heavy atom. The van der Waals surface area contributed by atoms with Crippen LogP contribution in [-0.4, -0.2) is 28.8 Å². The van der Waals surface area contributed by atoms with E-state index in [1.54, 1.807) is 0 Å². The Morgan fingerprint density at radius 1 is 1.35 bits per heavy atom. The molecule has 1 saturated carbocycles. The van der Waals surface area contributed by atoms with Crippen LogP contribution in [0.4, 0.5) is 4.39 Å². The van der Waals surface area contributed by atoms with Crippen molar-refractivity contribution >= 4 is 23.6 Å². The molecule has 1 fully saturated rings. The number of carbonyl (C=O) groups excluding carboxylic acids is 1. The molecule has 2 rings (SSSR count). The SMILES string of the molecule is O=C(CSc1ccc(F)c(C(=O)O)c1)NC1CCCC1. The van der Waals surface area contributed by atoms with E-state index in [9.17, 15) is 14.0 Å². The lowest BCUT2D eigenvalue weighted by Gasteiger charge is -2.11. The lowest BCUT2D eigenvalue weighted by molar-refractivity contribution is -0.119. The summed E-state index contributed by atoms with van der Waals surface area (Å²) in [5, 5.41) is 11.8. The fourth-order valence-electron chi connectivity index (χ4n) is 2.25. The number of rotatable bonds is 5. The van der Waals surface area contributed by atoms with Crippen molar-refractivity contribution in [3.05, 3.63) is 29.6 Å². The van der Waals surface area contributed by atoms with Crippen molar-refractivity contribution in [1.29, 1.82) is 0 Å². The summed E-state index contributed by atoms with van der Waals surface area (Å²) in [6.45, 7) is 0. The van der Waals surface area contributed by atoms with Gasteiger partial charge in [0.25, 0.3) is 0 Å². The highest BCUT2D eigenvalue weighted by Gasteiger charge is 2.17. The molecule has 4 nitrogen and oxygen atoms in total. The maximum atomic E-state index is 13.2. The van der Waals surface area contributed by atoms with E-state index in [-0.39, 0.29) is 23.3 Å². The second kappa shape index (κ2) is 6.74. The van der Waals surface area contributed by atoms with Gasteiger partial charge in [0.05, 0.1) is 11.3 Å². The summed E-state index contributed by atoms with van der Waals surface area (Å²) in [5.41, 5.74) is -0.369. The number of halogens is 1. The van der Waals surface area contributed by atoms with Gasteiger partial charge < -0.3 is 10.4 Å². The summed E-state index contributed by atoms with van der Waals surface area (Å²) in [4.78, 5) is 23.1. The van der Waals surface area contributed by atoms with Crippen LogP contribution in [0.2, 0.25) is 0 Å². The molecule has 1 amide bonds. The lowest BCUT2D eigenvalue weighted by atomic mass is 10.2. The van der Waals surface area contributed by atoms with Crippen molar-refractivity contribution in [1.82, 2.24) is 5.32 Å². The second-order valence-corrected chi connectivity index (χ2v) is 5.83. The van der Waals surface area contributed by atoms with Crippen LogP contribution in [0.15, 0.2) is 23.1 Å². The zero-order chi connectivity index (χ0) is 14.5. The Hall–Kier alpha value is -1.56. The van der Waals surface area contributed by atoms with E-state index >= 15 is 0 Å². The Bertz CT molecular complexity index is 515. The summed E-state index contributed by atoms with van der Waals surface area (Å²) < 4.78 is 13.2. The average Bonchev–Trinajstić information content (AvgIpc) is 2.90. The number of carboxylic acid groups (broad SMARTS) is 1. The highest BCUT2D eigenvalue weighted by Crippen LogP contribution is 2.22. The predicted octanol–water partition coefficient (Wildman–Crippen LogP) is 2.67. The number of amides is 1. The summed E-state index contributed by atoms with van der Waals surface area (Å²) in [5.74, 6) is -1.93. The predicted molar refractivity (Wildman–Crippen MR) is 74.5 cm³/mol. The van der Waals surface area contributed by atoms with Crippen molar-refractivity contribution in [2.24, 2.45) is 0 Å². The monoisotopic (exact) mass is 297 g/mol. The molecule has 20 heavy (non-hydrogen) atoms. The molecule has 1 aliphatic carbocycles. The second-order valence-electron chi connectivity index (χ2n) is 4.78. The van der Waals surface area contributed by atoms with Crippen LogP contribution in [0.3, 0.4) is 0 Å². The zero-order valence-corrected chi connectivity index (χ0v) is 11.7. The minimum Gasteiger partial charge on any atom is -0.478 e. The maximum Gasteiger partial charge on any atom is 0.338 e. The number of hydrogen-bond donors (Lipinski definition) is 2. The zero-order valence-electron chi connectivity index (χ0n) is 10.9. The van der Waals surface area contributed by atoms with Crippen LogP contribution < -0.4 is 5.32 Å². The molecule has 2 N–H and O–H groups in total. The van der Waals surface area contributed by atoms with Crippen molar-refractivity contribution in [3.63, 3.8) is 0 Å². The Morgan fingerprint density at radius 3 is 2.70 bits per heavy atom. The molecular weight excluding hydrogens is 281 g/mol. The molecule has 0 atom stereocenters. The van der Waals surface area contributed by atoms with Crippen molar-refractivity contribution < 1.29 is 19.1 Å². The standard InChI is InChI=1S/C14H16FNO3S/c15-12-6-5-10(7-11(12)14(18)19)20-8-13(17)16-9-3-1-2-4-9/h5-7,9H,1-4,8H2,(H,16,17)(H,18,19). The summed E-state index contributed by atoms with van der Waals surface area (Å²) in [7, 11) is 0. The van der Waals surface area contributed by atoms with Gasteiger partial charge >= 0.3 is 5.97 Å². The minimum absolute atomic E-state index is 0.0666. The number of aromatic carboxylic acids is 1. The van der Waals surface area contributed by atoms with Gasteiger partial charge in [-0.25, -0.2) is 9.18 Å². The number of nitrogens with one attached hydrogen (secondary N) is 1. The number of thioether (sulfide) groups is 1. The van der Waals surface area contributed by atoms with E-state index in [1.807, 2.05) is 0 Å². The van der Waals surface area contributed by atoms with Gasteiger partial charge in [-0.15, -0.1) is 11.8 Å². The molecule has 0 aromatic heterocycles. The van der Waals surface area contributed by atoms with Gasteiger partial charge in [0, 0.05) is 10.9 Å². The number of carboxylic acids is 1. The van der Waals surface area contributed by atoms with Gasteiger partial charge in [-0.3, -0.25) is 4.79 Å². The molecule has 0 bridgehead atoms. The first-order chi connectivity index (χ1) is 9.56. The van der Waals surface area contributed by atoms with E-state index in [4.69, 9.17) is 5.11 Å². The molecule has 1 aliphatic rings. The fourth-order valence-corrected chi connectivity index (χ4v) is 2.99. The number of hydrogen-bond acceptors (Lipinski definition) is 3. The van der Waals surface area contributed by atoms with E-state index in [0.717, 1.165) is 31.7 Å². The first-order valence-corrected chi connectivity index (χ1v) is 7.50. The molecule has 6 heteroatoms. The number of benzene rings is 1. The highest BCUT2D eigenvalue weighted by molar-refractivity contribution is 8.00. The molecule has 0 unspecified atom stereocenters. The van der Waals surface area contributed by atoms with Gasteiger partial charge in [-0.05, 0) is 31.0 Å². The van der Waals surface area contributed by atoms with Crippen LogP contribution in [0.25, 0.3) is 0 Å². The third kappa shape index (κ3) is 3.96. The van der Waals surface area contributed by atoms with Gasteiger partial charge in [-0.1, -0.05) is 12.8 Å². The first-order valence-electron chi connectivity index (χ1n) is 6.51. The van der Waals surface area contributed by atoms with Crippen molar-refractivity contribution in [2.45, 2.75) is 36.6 Å². The maximum absolute atomic E-state index is 13.2. The fraction of sp³-hybridized carbons (Fsp3) is 0.429. The topological polar surface area (TPSA) is 66.4 Å². The molecule has 0 aliphatic heterocycles. The molecule has 108 valence electrons. The van der Waals surface area contributed by atoms with E-state index < -0.39 is 11.8 Å².